The molecule has 0 aromatic heterocycles. The summed E-state index contributed by atoms with van der Waals surface area (Å²) in [7, 11) is 0. The largest absolute Gasteiger partial charge is 0.481 e. The molecule has 0 saturated heterocycles. The Balaban J connectivity index is 2.18. The molecule has 0 atom stereocenters. The van der Waals surface area contributed by atoms with Gasteiger partial charge in [-0.15, -0.1) is 0 Å². The lowest BCUT2D eigenvalue weighted by molar-refractivity contribution is -0.142. The van der Waals surface area contributed by atoms with Gasteiger partial charge in [-0.1, -0.05) is 6.92 Å². The highest BCUT2D eigenvalue weighted by atomic mass is 16.4. The summed E-state index contributed by atoms with van der Waals surface area (Å²) in [5.41, 5.74) is 0. The number of rotatable bonds is 4. The molecule has 0 spiro atoms. The van der Waals surface area contributed by atoms with Gasteiger partial charge in [0.2, 0.25) is 0 Å². The van der Waals surface area contributed by atoms with Crippen LogP contribution in [0.4, 0.5) is 0 Å². The Hall–Kier alpha value is -0.570. The normalized spacial score (nSPS) is 28.7. The summed E-state index contributed by atoms with van der Waals surface area (Å²) < 4.78 is 0. The molecule has 0 aromatic carbocycles. The summed E-state index contributed by atoms with van der Waals surface area (Å²) in [5.74, 6) is -0.700. The van der Waals surface area contributed by atoms with Gasteiger partial charge < -0.3 is 10.4 Å². The minimum Gasteiger partial charge on any atom is -0.481 e. The van der Waals surface area contributed by atoms with Gasteiger partial charge in [0.15, 0.2) is 0 Å². The maximum atomic E-state index is 10.7. The fourth-order valence-corrected chi connectivity index (χ4v) is 1.89. The molecule has 0 aliphatic heterocycles. The lowest BCUT2D eigenvalue weighted by atomic mass is 9.86. The molecule has 13 heavy (non-hydrogen) atoms. The van der Waals surface area contributed by atoms with Crippen molar-refractivity contribution >= 4 is 5.97 Å². The second-order valence-electron chi connectivity index (χ2n) is 3.84. The number of aliphatic carboxylic acids is 1. The summed E-state index contributed by atoms with van der Waals surface area (Å²) in [6.07, 6.45) is 4.89. The molecule has 2 N–H and O–H groups in total. The molecule has 0 aromatic rings. The molecule has 3 nitrogen and oxygen atoms in total. The van der Waals surface area contributed by atoms with Crippen LogP contribution in [0.25, 0.3) is 0 Å². The first-order valence-corrected chi connectivity index (χ1v) is 5.20. The first kappa shape index (κ1) is 10.5. The summed E-state index contributed by atoms with van der Waals surface area (Å²) in [5, 5.41) is 12.2. The molecule has 0 radical (unpaired) electrons. The van der Waals surface area contributed by atoms with Gasteiger partial charge in [0.05, 0.1) is 5.92 Å². The Morgan fingerprint density at radius 1 is 1.38 bits per heavy atom. The van der Waals surface area contributed by atoms with Crippen LogP contribution >= 0.6 is 0 Å². The second-order valence-corrected chi connectivity index (χ2v) is 3.84. The van der Waals surface area contributed by atoms with E-state index in [1.165, 1.54) is 0 Å². The number of nitrogens with one attached hydrogen (secondary N) is 1. The third-order valence-corrected chi connectivity index (χ3v) is 2.76. The van der Waals surface area contributed by atoms with E-state index >= 15 is 0 Å². The van der Waals surface area contributed by atoms with Gasteiger partial charge in [0.1, 0.15) is 0 Å². The van der Waals surface area contributed by atoms with Crippen molar-refractivity contribution in [2.45, 2.75) is 45.1 Å². The molecule has 1 aliphatic rings. The summed E-state index contributed by atoms with van der Waals surface area (Å²) in [6.45, 7) is 3.21. The molecule has 0 heterocycles. The molecule has 1 rings (SSSR count). The zero-order valence-electron chi connectivity index (χ0n) is 8.25. The van der Waals surface area contributed by atoms with Gasteiger partial charge in [-0.05, 0) is 38.6 Å². The van der Waals surface area contributed by atoms with Crippen molar-refractivity contribution in [1.29, 1.82) is 0 Å². The van der Waals surface area contributed by atoms with Crippen molar-refractivity contribution in [2.24, 2.45) is 5.92 Å². The fraction of sp³-hybridized carbons (Fsp3) is 0.900. The number of hydrogen-bond donors (Lipinski definition) is 2. The third kappa shape index (κ3) is 3.35. The smallest absolute Gasteiger partial charge is 0.306 e. The average molecular weight is 185 g/mol. The van der Waals surface area contributed by atoms with E-state index in [4.69, 9.17) is 5.11 Å². The van der Waals surface area contributed by atoms with E-state index in [1.54, 1.807) is 0 Å². The fourth-order valence-electron chi connectivity index (χ4n) is 1.89. The van der Waals surface area contributed by atoms with Crippen LogP contribution in [-0.2, 0) is 4.79 Å². The molecule has 0 bridgehead atoms. The monoisotopic (exact) mass is 185 g/mol. The summed E-state index contributed by atoms with van der Waals surface area (Å²) in [6, 6.07) is 0.565. The summed E-state index contributed by atoms with van der Waals surface area (Å²) >= 11 is 0. The van der Waals surface area contributed by atoms with Crippen molar-refractivity contribution in [3.8, 4) is 0 Å². The van der Waals surface area contributed by atoms with Crippen LogP contribution < -0.4 is 5.32 Å². The molecule has 76 valence electrons. The zero-order chi connectivity index (χ0) is 9.68. The van der Waals surface area contributed by atoms with Crippen LogP contribution in [0, 0.1) is 5.92 Å². The highest BCUT2D eigenvalue weighted by molar-refractivity contribution is 5.70. The molecule has 1 saturated carbocycles. The highest BCUT2D eigenvalue weighted by Crippen LogP contribution is 2.24. The minimum atomic E-state index is -0.617. The third-order valence-electron chi connectivity index (χ3n) is 2.76. The maximum absolute atomic E-state index is 10.7. The van der Waals surface area contributed by atoms with Gasteiger partial charge in [-0.2, -0.15) is 0 Å². The predicted octanol–water partition coefficient (Wildman–Crippen LogP) is 1.63. The van der Waals surface area contributed by atoms with Crippen LogP contribution in [0.5, 0.6) is 0 Å². The molecule has 0 unspecified atom stereocenters. The van der Waals surface area contributed by atoms with Crippen molar-refractivity contribution in [2.75, 3.05) is 6.54 Å². The molecule has 0 amide bonds. The van der Waals surface area contributed by atoms with E-state index in [0.29, 0.717) is 6.04 Å². The molecular formula is C10H19NO2. The molecule has 3 heteroatoms. The van der Waals surface area contributed by atoms with Crippen molar-refractivity contribution < 1.29 is 9.90 Å². The molecular weight excluding hydrogens is 166 g/mol. The molecule has 1 aliphatic carbocycles. The number of carboxylic acids is 1. The van der Waals surface area contributed by atoms with Crippen LogP contribution in [0.15, 0.2) is 0 Å². The summed E-state index contributed by atoms with van der Waals surface area (Å²) in [4.78, 5) is 10.7. The number of hydrogen-bond acceptors (Lipinski definition) is 2. The van der Waals surface area contributed by atoms with Crippen LogP contribution in [0.3, 0.4) is 0 Å². The number of carboxylic acid groups (broad SMARTS) is 1. The molecule has 1 fully saturated rings. The first-order chi connectivity index (χ1) is 6.24. The van der Waals surface area contributed by atoms with E-state index in [2.05, 4.69) is 12.2 Å². The minimum absolute atomic E-state index is 0.0836. The van der Waals surface area contributed by atoms with Crippen LogP contribution in [0.1, 0.15) is 39.0 Å². The highest BCUT2D eigenvalue weighted by Gasteiger charge is 2.25. The maximum Gasteiger partial charge on any atom is 0.306 e. The van der Waals surface area contributed by atoms with E-state index < -0.39 is 5.97 Å². The number of carbonyl (C=O) groups is 1. The Morgan fingerprint density at radius 2 is 2.00 bits per heavy atom. The van der Waals surface area contributed by atoms with E-state index in [1.807, 2.05) is 0 Å². The van der Waals surface area contributed by atoms with Gasteiger partial charge in [0, 0.05) is 6.04 Å². The van der Waals surface area contributed by atoms with E-state index in [9.17, 15) is 4.79 Å². The van der Waals surface area contributed by atoms with E-state index in [-0.39, 0.29) is 5.92 Å². The van der Waals surface area contributed by atoms with Gasteiger partial charge in [-0.3, -0.25) is 4.79 Å². The van der Waals surface area contributed by atoms with Gasteiger partial charge >= 0.3 is 5.97 Å². The average Bonchev–Trinajstić information content (AvgIpc) is 2.15. The Labute approximate surface area is 79.5 Å². The van der Waals surface area contributed by atoms with Crippen LogP contribution in [0.2, 0.25) is 0 Å². The SMILES string of the molecule is CCCN[C@H]1CC[C@@H](C(=O)O)CC1. The Morgan fingerprint density at radius 3 is 2.46 bits per heavy atom. The predicted molar refractivity (Wildman–Crippen MR) is 51.7 cm³/mol. The van der Waals surface area contributed by atoms with Gasteiger partial charge in [0.25, 0.3) is 0 Å². The van der Waals surface area contributed by atoms with Crippen molar-refractivity contribution in [3.05, 3.63) is 0 Å². The lowest BCUT2D eigenvalue weighted by Crippen LogP contribution is -2.35. The standard InChI is InChI=1S/C10H19NO2/c1-2-7-11-9-5-3-8(4-6-9)10(12)13/h8-9,11H,2-7H2,1H3,(H,12,13)/t8-,9+. The van der Waals surface area contributed by atoms with Gasteiger partial charge in [-0.25, -0.2) is 0 Å². The quantitative estimate of drug-likeness (QED) is 0.700. The Kier molecular flexibility index (Phi) is 4.22. The Bertz CT molecular complexity index is 162. The first-order valence-electron chi connectivity index (χ1n) is 5.20. The van der Waals surface area contributed by atoms with Crippen LogP contribution in [-0.4, -0.2) is 23.7 Å². The van der Waals surface area contributed by atoms with Crippen molar-refractivity contribution in [1.82, 2.24) is 5.32 Å². The topological polar surface area (TPSA) is 49.3 Å². The van der Waals surface area contributed by atoms with E-state index in [0.717, 1.165) is 38.6 Å². The lowest BCUT2D eigenvalue weighted by Gasteiger charge is -2.26. The second kappa shape index (κ2) is 5.22. The zero-order valence-corrected chi connectivity index (χ0v) is 8.25. The van der Waals surface area contributed by atoms with Crippen molar-refractivity contribution in [3.63, 3.8) is 0 Å².